The Morgan fingerprint density at radius 3 is 2.46 bits per heavy atom. The number of aromatic nitrogens is 5. The van der Waals surface area contributed by atoms with Gasteiger partial charge in [0.15, 0.2) is 5.82 Å². The number of nitrogens with one attached hydrogen (secondary N) is 1. The van der Waals surface area contributed by atoms with Crippen molar-refractivity contribution in [1.29, 1.82) is 5.26 Å². The van der Waals surface area contributed by atoms with Crippen molar-refractivity contribution < 1.29 is 9.59 Å². The van der Waals surface area contributed by atoms with E-state index in [1.54, 1.807) is 18.3 Å². The zero-order chi connectivity index (χ0) is 29.1. The van der Waals surface area contributed by atoms with Gasteiger partial charge in [0, 0.05) is 33.3 Å². The molecule has 4 aromatic heterocycles. The van der Waals surface area contributed by atoms with Gasteiger partial charge in [-0.1, -0.05) is 23.2 Å². The number of hydrogen-bond acceptors (Lipinski definition) is 9. The van der Waals surface area contributed by atoms with Crippen molar-refractivity contribution in [3.05, 3.63) is 114 Å². The van der Waals surface area contributed by atoms with Gasteiger partial charge in [0.1, 0.15) is 23.7 Å². The molecule has 5 rings (SSSR count). The number of thiophene rings is 1. The molecule has 0 radical (unpaired) electrons. The van der Waals surface area contributed by atoms with Crippen LogP contribution in [-0.2, 0) is 13.1 Å². The lowest BCUT2D eigenvalue weighted by Crippen LogP contribution is -2.22. The van der Waals surface area contributed by atoms with Crippen LogP contribution in [0.5, 0.6) is 0 Å². The van der Waals surface area contributed by atoms with Gasteiger partial charge in [0.05, 0.1) is 28.8 Å². The van der Waals surface area contributed by atoms with Crippen LogP contribution in [0.3, 0.4) is 0 Å². The molecule has 0 bridgehead atoms. The highest BCUT2D eigenvalue weighted by atomic mass is 35.5. The number of carbonyl (C=O) groups is 2. The van der Waals surface area contributed by atoms with Crippen LogP contribution in [0.15, 0.2) is 71.9 Å². The zero-order valence-electron chi connectivity index (χ0n) is 20.9. The van der Waals surface area contributed by atoms with Crippen LogP contribution >= 0.6 is 34.5 Å². The second-order valence-corrected chi connectivity index (χ2v) is 10.8. The molecule has 1 aromatic carbocycles. The average Bonchev–Trinajstić information content (AvgIpc) is 3.56. The van der Waals surface area contributed by atoms with Gasteiger partial charge in [-0.25, -0.2) is 9.97 Å². The first-order valence-electron chi connectivity index (χ1n) is 11.9. The van der Waals surface area contributed by atoms with E-state index < -0.39 is 17.4 Å². The van der Waals surface area contributed by atoms with Crippen LogP contribution in [0, 0.1) is 11.3 Å². The van der Waals surface area contributed by atoms with Gasteiger partial charge in [-0.15, -0.1) is 11.3 Å². The number of rotatable bonds is 8. The number of pyridine rings is 1. The number of benzene rings is 1. The number of primary amides is 1. The molecule has 1 amide bonds. The number of nitrogens with zero attached hydrogens (tertiary/aromatic N) is 6. The molecule has 5 aromatic rings. The van der Waals surface area contributed by atoms with Crippen molar-refractivity contribution in [3.8, 4) is 17.5 Å². The number of halogens is 2. The highest BCUT2D eigenvalue weighted by Crippen LogP contribution is 2.31. The van der Waals surface area contributed by atoms with Gasteiger partial charge in [-0.05, 0) is 48.5 Å². The fourth-order valence-electron chi connectivity index (χ4n) is 4.03. The van der Waals surface area contributed by atoms with Crippen molar-refractivity contribution >= 4 is 52.2 Å². The van der Waals surface area contributed by atoms with Crippen LogP contribution in [-0.4, -0.2) is 36.1 Å². The summed E-state index contributed by atoms with van der Waals surface area (Å²) in [7, 11) is 0. The molecule has 14 heteroatoms. The number of hydrogen-bond donors (Lipinski definition) is 2. The molecule has 0 aliphatic rings. The SMILES string of the molecule is N#Cc1c(-c2cc(Cl)cc(=O)n2Cc2ccncn2)nn(C(=O)c2ccc(C(N)=O)cc2)c1NCc1ccc(Cl)s1. The zero-order valence-corrected chi connectivity index (χ0v) is 23.2. The van der Waals surface area contributed by atoms with Gasteiger partial charge < -0.3 is 15.6 Å². The lowest BCUT2D eigenvalue weighted by atomic mass is 10.1. The number of carbonyl (C=O) groups excluding carboxylic acids is 2. The third kappa shape index (κ3) is 5.87. The minimum absolute atomic E-state index is 0.00728. The van der Waals surface area contributed by atoms with Gasteiger partial charge in [-0.3, -0.25) is 14.4 Å². The average molecular weight is 605 g/mol. The minimum atomic E-state index is -0.642. The first kappa shape index (κ1) is 27.7. The third-order valence-corrected chi connectivity index (χ3v) is 7.41. The van der Waals surface area contributed by atoms with E-state index in [1.165, 1.54) is 58.6 Å². The predicted molar refractivity (Wildman–Crippen MR) is 154 cm³/mol. The van der Waals surface area contributed by atoms with Crippen molar-refractivity contribution in [2.45, 2.75) is 13.1 Å². The molecule has 0 saturated heterocycles. The molecule has 41 heavy (non-hydrogen) atoms. The Hall–Kier alpha value is -4.83. The molecule has 0 aliphatic carbocycles. The van der Waals surface area contributed by atoms with E-state index in [0.29, 0.717) is 10.0 Å². The van der Waals surface area contributed by atoms with E-state index in [0.717, 1.165) is 9.56 Å². The monoisotopic (exact) mass is 604 g/mol. The molecular weight excluding hydrogens is 587 g/mol. The summed E-state index contributed by atoms with van der Waals surface area (Å²) in [5.74, 6) is -1.14. The quantitative estimate of drug-likeness (QED) is 0.266. The van der Waals surface area contributed by atoms with Gasteiger partial charge >= 0.3 is 0 Å². The fourth-order valence-corrected chi connectivity index (χ4v) is 5.25. The van der Waals surface area contributed by atoms with E-state index in [-0.39, 0.29) is 52.0 Å². The molecule has 0 aliphatic heterocycles. The van der Waals surface area contributed by atoms with Gasteiger partial charge in [0.25, 0.3) is 11.5 Å². The maximum atomic E-state index is 13.7. The summed E-state index contributed by atoms with van der Waals surface area (Å²) < 4.78 is 2.98. The van der Waals surface area contributed by atoms with E-state index in [4.69, 9.17) is 28.9 Å². The van der Waals surface area contributed by atoms with E-state index in [1.807, 2.05) is 6.07 Å². The van der Waals surface area contributed by atoms with E-state index in [9.17, 15) is 19.6 Å². The standard InChI is InChI=1S/C27H18Cl2N8O3S/c28-17-9-21(36(23(38)10-17)13-18-7-8-32-14-34-18)24-20(11-30)26(33-12-19-5-6-22(29)41-19)37(35-24)27(40)16-3-1-15(2-4-16)25(31)39/h1-10,14,33H,12-13H2,(H2,31,39). The molecule has 0 fully saturated rings. The van der Waals surface area contributed by atoms with E-state index in [2.05, 4.69) is 26.5 Å². The van der Waals surface area contributed by atoms with Crippen LogP contribution < -0.4 is 16.6 Å². The summed E-state index contributed by atoms with van der Waals surface area (Å²) in [6.45, 7) is 0.263. The van der Waals surface area contributed by atoms with E-state index >= 15 is 0 Å². The Kier molecular flexibility index (Phi) is 7.93. The fraction of sp³-hybridized carbons (Fsp3) is 0.0741. The summed E-state index contributed by atoms with van der Waals surface area (Å²) in [5, 5.41) is 18.0. The number of anilines is 1. The molecule has 3 N–H and O–H groups in total. The van der Waals surface area contributed by atoms with Crippen molar-refractivity contribution in [3.63, 3.8) is 0 Å². The number of nitrogens with two attached hydrogens (primary N) is 1. The van der Waals surface area contributed by atoms with Crippen molar-refractivity contribution in [2.75, 3.05) is 5.32 Å². The third-order valence-electron chi connectivity index (χ3n) is 5.96. The molecule has 0 spiro atoms. The molecule has 11 nitrogen and oxygen atoms in total. The predicted octanol–water partition coefficient (Wildman–Crippen LogP) is 4.19. The van der Waals surface area contributed by atoms with Crippen molar-refractivity contribution in [2.24, 2.45) is 5.73 Å². The Labute approximate surface area is 246 Å². The topological polar surface area (TPSA) is 162 Å². The first-order chi connectivity index (χ1) is 19.7. The van der Waals surface area contributed by atoms with Crippen molar-refractivity contribution in [1.82, 2.24) is 24.3 Å². The number of nitriles is 1. The molecular formula is C27H18Cl2N8O3S. The molecule has 204 valence electrons. The van der Waals surface area contributed by atoms with Crippen LogP contribution in [0.25, 0.3) is 11.4 Å². The Morgan fingerprint density at radius 2 is 1.83 bits per heavy atom. The normalized spacial score (nSPS) is 10.8. The maximum Gasteiger partial charge on any atom is 0.280 e. The Morgan fingerprint density at radius 1 is 1.07 bits per heavy atom. The van der Waals surface area contributed by atoms with Crippen LogP contribution in [0.4, 0.5) is 5.82 Å². The maximum absolute atomic E-state index is 13.7. The Bertz CT molecular complexity index is 1880. The summed E-state index contributed by atoms with van der Waals surface area (Å²) in [6.07, 6.45) is 2.89. The lowest BCUT2D eigenvalue weighted by molar-refractivity contribution is 0.0945. The minimum Gasteiger partial charge on any atom is -0.366 e. The van der Waals surface area contributed by atoms with Gasteiger partial charge in [0.2, 0.25) is 5.91 Å². The summed E-state index contributed by atoms with van der Waals surface area (Å²) >= 11 is 13.7. The highest BCUT2D eigenvalue weighted by molar-refractivity contribution is 7.16. The Balaban J connectivity index is 1.67. The summed E-state index contributed by atoms with van der Waals surface area (Å²) in [4.78, 5) is 47.2. The smallest absolute Gasteiger partial charge is 0.280 e. The lowest BCUT2D eigenvalue weighted by Gasteiger charge is -2.11. The summed E-state index contributed by atoms with van der Waals surface area (Å²) in [6, 6.07) is 15.7. The largest absolute Gasteiger partial charge is 0.366 e. The molecule has 4 heterocycles. The summed E-state index contributed by atoms with van der Waals surface area (Å²) in [5.41, 5.74) is 6.07. The second kappa shape index (κ2) is 11.7. The highest BCUT2D eigenvalue weighted by Gasteiger charge is 2.26. The first-order valence-corrected chi connectivity index (χ1v) is 13.4. The molecule has 0 saturated carbocycles. The van der Waals surface area contributed by atoms with Crippen LogP contribution in [0.1, 0.15) is 36.9 Å². The number of amides is 1. The van der Waals surface area contributed by atoms with Gasteiger partial charge in [-0.2, -0.15) is 15.0 Å². The van der Waals surface area contributed by atoms with Crippen LogP contribution in [0.2, 0.25) is 9.36 Å². The second-order valence-electron chi connectivity index (χ2n) is 8.59. The molecule has 0 unspecified atom stereocenters. The molecule has 0 atom stereocenters.